The summed E-state index contributed by atoms with van der Waals surface area (Å²) in [4.78, 5) is 6.37. The molecule has 0 saturated heterocycles. The van der Waals surface area contributed by atoms with Gasteiger partial charge in [0.15, 0.2) is 0 Å². The molecule has 0 aliphatic rings. The second-order valence-corrected chi connectivity index (χ2v) is 9.34. The van der Waals surface area contributed by atoms with Crippen molar-refractivity contribution in [1.29, 1.82) is 0 Å². The first-order valence-electron chi connectivity index (χ1n) is 10.2. The van der Waals surface area contributed by atoms with E-state index in [1.165, 1.54) is 7.11 Å². The lowest BCUT2D eigenvalue weighted by Crippen LogP contribution is -2.28. The Hall–Kier alpha value is -2.52. The molecular formula is C23H29N3O4S. The summed E-state index contributed by atoms with van der Waals surface area (Å²) < 4.78 is 32.5. The van der Waals surface area contributed by atoms with Crippen molar-refractivity contribution in [3.8, 4) is 0 Å². The number of methoxy groups -OCH3 is 1. The minimum absolute atomic E-state index is 0.0126. The summed E-state index contributed by atoms with van der Waals surface area (Å²) in [6, 6.07) is 19.7. The first-order valence-corrected chi connectivity index (χ1v) is 11.9. The third-order valence-electron chi connectivity index (χ3n) is 4.97. The summed E-state index contributed by atoms with van der Waals surface area (Å²) in [6.07, 6.45) is 1.62. The van der Waals surface area contributed by atoms with Crippen LogP contribution >= 0.6 is 0 Å². The zero-order valence-electron chi connectivity index (χ0n) is 17.7. The Morgan fingerprint density at radius 1 is 1.00 bits per heavy atom. The SMILES string of the molecule is COCCS(=O)(=O)c1ncc(CN(CCO)Cc2ccccc2)n1Cc1ccccc1. The lowest BCUT2D eigenvalue weighted by Gasteiger charge is -2.22. The largest absolute Gasteiger partial charge is 0.395 e. The molecule has 166 valence electrons. The molecule has 0 atom stereocenters. The second-order valence-electron chi connectivity index (χ2n) is 7.34. The monoisotopic (exact) mass is 443 g/mol. The van der Waals surface area contributed by atoms with Crippen molar-refractivity contribution in [3.63, 3.8) is 0 Å². The van der Waals surface area contributed by atoms with Crippen molar-refractivity contribution in [2.75, 3.05) is 32.6 Å². The molecule has 1 heterocycles. The Labute approximate surface area is 183 Å². The molecule has 0 amide bonds. The van der Waals surface area contributed by atoms with Crippen molar-refractivity contribution >= 4 is 9.84 Å². The third kappa shape index (κ3) is 6.48. The highest BCUT2D eigenvalue weighted by molar-refractivity contribution is 7.91. The number of hydrogen-bond donors (Lipinski definition) is 1. The fourth-order valence-electron chi connectivity index (χ4n) is 3.41. The number of hydrogen-bond acceptors (Lipinski definition) is 6. The van der Waals surface area contributed by atoms with Gasteiger partial charge >= 0.3 is 0 Å². The molecule has 0 radical (unpaired) electrons. The molecule has 0 aliphatic heterocycles. The molecule has 3 aromatic rings. The summed E-state index contributed by atoms with van der Waals surface area (Å²) in [5.74, 6) is -0.126. The van der Waals surface area contributed by atoms with Crippen molar-refractivity contribution in [2.45, 2.75) is 24.8 Å². The number of aliphatic hydroxyl groups excluding tert-OH is 1. The van der Waals surface area contributed by atoms with E-state index in [2.05, 4.69) is 9.88 Å². The van der Waals surface area contributed by atoms with Gasteiger partial charge in [-0.05, 0) is 11.1 Å². The van der Waals surface area contributed by atoms with E-state index in [9.17, 15) is 13.5 Å². The van der Waals surface area contributed by atoms with Crippen molar-refractivity contribution in [3.05, 3.63) is 83.7 Å². The summed E-state index contributed by atoms with van der Waals surface area (Å²) in [5.41, 5.74) is 2.89. The lowest BCUT2D eigenvalue weighted by atomic mass is 10.2. The number of benzene rings is 2. The number of aromatic nitrogens is 2. The van der Waals surface area contributed by atoms with Crippen LogP contribution in [0.25, 0.3) is 0 Å². The summed E-state index contributed by atoms with van der Waals surface area (Å²) in [5, 5.41) is 9.60. The Balaban J connectivity index is 1.92. The zero-order chi connectivity index (χ0) is 22.1. The Bertz CT molecular complexity index is 1040. The van der Waals surface area contributed by atoms with E-state index >= 15 is 0 Å². The molecule has 8 heteroatoms. The van der Waals surface area contributed by atoms with E-state index in [1.807, 2.05) is 60.7 Å². The summed E-state index contributed by atoms with van der Waals surface area (Å²) in [6.45, 7) is 2.10. The average molecular weight is 444 g/mol. The van der Waals surface area contributed by atoms with E-state index in [4.69, 9.17) is 4.74 Å². The van der Waals surface area contributed by atoms with Gasteiger partial charge in [0.05, 0.1) is 37.4 Å². The predicted octanol–water partition coefficient (Wildman–Crippen LogP) is 2.35. The second kappa shape index (κ2) is 11.2. The predicted molar refractivity (Wildman–Crippen MR) is 119 cm³/mol. The smallest absolute Gasteiger partial charge is 0.228 e. The van der Waals surface area contributed by atoms with Crippen molar-refractivity contribution in [2.24, 2.45) is 0 Å². The van der Waals surface area contributed by atoms with E-state index < -0.39 is 9.84 Å². The fraction of sp³-hybridized carbons (Fsp3) is 0.348. The van der Waals surface area contributed by atoms with Crippen LogP contribution in [0.4, 0.5) is 0 Å². The molecule has 0 unspecified atom stereocenters. The van der Waals surface area contributed by atoms with Gasteiger partial charge in [-0.25, -0.2) is 13.4 Å². The number of nitrogens with zero attached hydrogens (tertiary/aromatic N) is 3. The molecule has 0 fully saturated rings. The number of sulfone groups is 1. The van der Waals surface area contributed by atoms with E-state index in [0.717, 1.165) is 16.8 Å². The molecule has 31 heavy (non-hydrogen) atoms. The van der Waals surface area contributed by atoms with Crippen LogP contribution in [-0.4, -0.2) is 60.6 Å². The van der Waals surface area contributed by atoms with Gasteiger partial charge in [0, 0.05) is 26.7 Å². The maximum absolute atomic E-state index is 12.9. The first-order chi connectivity index (χ1) is 15.0. The normalized spacial score (nSPS) is 11.8. The van der Waals surface area contributed by atoms with Gasteiger partial charge in [-0.15, -0.1) is 0 Å². The zero-order valence-corrected chi connectivity index (χ0v) is 18.5. The standard InChI is InChI=1S/C23H29N3O4S/c1-30-14-15-31(28,29)23-24-16-22(26(23)18-21-10-6-3-7-11-21)19-25(12-13-27)17-20-8-4-2-5-9-20/h2-11,16,27H,12-15,17-19H2,1H3. The molecule has 3 rings (SSSR count). The summed E-state index contributed by atoms with van der Waals surface area (Å²) >= 11 is 0. The van der Waals surface area contributed by atoms with Crippen LogP contribution in [0.5, 0.6) is 0 Å². The van der Waals surface area contributed by atoms with Gasteiger partial charge in [-0.2, -0.15) is 0 Å². The van der Waals surface area contributed by atoms with Crippen LogP contribution in [0, 0.1) is 0 Å². The van der Waals surface area contributed by atoms with Crippen LogP contribution < -0.4 is 0 Å². The highest BCUT2D eigenvalue weighted by Gasteiger charge is 2.24. The van der Waals surface area contributed by atoms with Crippen molar-refractivity contribution in [1.82, 2.24) is 14.5 Å². The molecule has 0 saturated carbocycles. The number of imidazole rings is 1. The quantitative estimate of drug-likeness (QED) is 0.463. The van der Waals surface area contributed by atoms with Gasteiger partial charge in [0.2, 0.25) is 15.0 Å². The van der Waals surface area contributed by atoms with Crippen LogP contribution in [-0.2, 0) is 34.2 Å². The Morgan fingerprint density at radius 2 is 1.65 bits per heavy atom. The molecule has 2 aromatic carbocycles. The fourth-order valence-corrected chi connectivity index (χ4v) is 4.71. The van der Waals surface area contributed by atoms with Gasteiger partial charge in [-0.1, -0.05) is 60.7 Å². The number of ether oxygens (including phenoxy) is 1. The molecule has 7 nitrogen and oxygen atoms in total. The maximum Gasteiger partial charge on any atom is 0.228 e. The minimum Gasteiger partial charge on any atom is -0.395 e. The summed E-state index contributed by atoms with van der Waals surface area (Å²) in [7, 11) is -2.12. The first kappa shape index (κ1) is 23.1. The Morgan fingerprint density at radius 3 is 2.26 bits per heavy atom. The number of aliphatic hydroxyl groups is 1. The number of rotatable bonds is 12. The molecule has 1 N–H and O–H groups in total. The van der Waals surface area contributed by atoms with Gasteiger partial charge in [0.25, 0.3) is 0 Å². The molecule has 0 aliphatic carbocycles. The van der Waals surface area contributed by atoms with Crippen LogP contribution in [0.15, 0.2) is 72.0 Å². The van der Waals surface area contributed by atoms with Crippen LogP contribution in [0.3, 0.4) is 0 Å². The van der Waals surface area contributed by atoms with E-state index in [1.54, 1.807) is 10.8 Å². The topological polar surface area (TPSA) is 84.7 Å². The van der Waals surface area contributed by atoms with E-state index in [-0.39, 0.29) is 24.1 Å². The highest BCUT2D eigenvalue weighted by atomic mass is 32.2. The van der Waals surface area contributed by atoms with Gasteiger partial charge in [0.1, 0.15) is 0 Å². The highest BCUT2D eigenvalue weighted by Crippen LogP contribution is 2.18. The molecule has 0 spiro atoms. The minimum atomic E-state index is -3.60. The lowest BCUT2D eigenvalue weighted by molar-refractivity contribution is 0.181. The Kier molecular flexibility index (Phi) is 8.36. The third-order valence-corrected chi connectivity index (χ3v) is 6.56. The maximum atomic E-state index is 12.9. The van der Waals surface area contributed by atoms with Crippen LogP contribution in [0.2, 0.25) is 0 Å². The average Bonchev–Trinajstić information content (AvgIpc) is 3.17. The van der Waals surface area contributed by atoms with Gasteiger partial charge in [-0.3, -0.25) is 4.90 Å². The molecular weight excluding hydrogens is 414 g/mol. The molecule has 1 aromatic heterocycles. The van der Waals surface area contributed by atoms with E-state index in [0.29, 0.717) is 26.2 Å². The molecule has 0 bridgehead atoms. The van der Waals surface area contributed by atoms with Gasteiger partial charge < -0.3 is 14.4 Å². The van der Waals surface area contributed by atoms with Crippen molar-refractivity contribution < 1.29 is 18.3 Å². The van der Waals surface area contributed by atoms with Crippen LogP contribution in [0.1, 0.15) is 16.8 Å².